The van der Waals surface area contributed by atoms with Crippen LogP contribution in [0.1, 0.15) is 29.0 Å². The van der Waals surface area contributed by atoms with E-state index in [-0.39, 0.29) is 11.9 Å². The summed E-state index contributed by atoms with van der Waals surface area (Å²) in [6.07, 6.45) is 3.43. The number of nitrogens with one attached hydrogen (secondary N) is 1. The average molecular weight is 306 g/mol. The van der Waals surface area contributed by atoms with Crippen molar-refractivity contribution in [1.29, 1.82) is 0 Å². The maximum Gasteiger partial charge on any atom is 0.244 e. The standard InChI is InChI=1S/C16H16ClNOS/c1-11-9-10-20-15(11)7-8-16(19)18-12(2)13-3-5-14(17)6-4-13/h3-10,12H,1-2H3,(H,18,19)/b8-7+/t12-/m0/s1. The van der Waals surface area contributed by atoms with Crippen LogP contribution in [0.5, 0.6) is 0 Å². The van der Waals surface area contributed by atoms with Gasteiger partial charge in [0.25, 0.3) is 0 Å². The zero-order valence-corrected chi connectivity index (χ0v) is 13.0. The number of halogens is 1. The van der Waals surface area contributed by atoms with Crippen molar-refractivity contribution >= 4 is 34.9 Å². The Hall–Kier alpha value is -1.58. The number of amides is 1. The van der Waals surface area contributed by atoms with Crippen LogP contribution >= 0.6 is 22.9 Å². The van der Waals surface area contributed by atoms with E-state index in [2.05, 4.69) is 5.32 Å². The van der Waals surface area contributed by atoms with E-state index in [0.717, 1.165) is 10.4 Å². The molecule has 1 atom stereocenters. The highest BCUT2D eigenvalue weighted by molar-refractivity contribution is 7.11. The van der Waals surface area contributed by atoms with E-state index in [1.807, 2.05) is 55.6 Å². The normalized spacial score (nSPS) is 12.6. The molecule has 1 heterocycles. The molecule has 0 saturated carbocycles. The molecule has 0 aliphatic heterocycles. The molecule has 20 heavy (non-hydrogen) atoms. The first-order valence-corrected chi connectivity index (χ1v) is 7.60. The second-order valence-corrected chi connectivity index (χ2v) is 5.97. The van der Waals surface area contributed by atoms with E-state index in [1.54, 1.807) is 17.4 Å². The van der Waals surface area contributed by atoms with Crippen molar-refractivity contribution in [2.24, 2.45) is 0 Å². The van der Waals surface area contributed by atoms with Crippen LogP contribution < -0.4 is 5.32 Å². The molecular formula is C16H16ClNOS. The molecule has 0 aliphatic carbocycles. The summed E-state index contributed by atoms with van der Waals surface area (Å²) >= 11 is 7.47. The third-order valence-corrected chi connectivity index (χ3v) is 4.25. The molecule has 2 rings (SSSR count). The monoisotopic (exact) mass is 305 g/mol. The molecule has 1 amide bonds. The molecule has 0 unspecified atom stereocenters. The first-order valence-electron chi connectivity index (χ1n) is 6.34. The molecule has 4 heteroatoms. The smallest absolute Gasteiger partial charge is 0.244 e. The lowest BCUT2D eigenvalue weighted by molar-refractivity contribution is -0.117. The van der Waals surface area contributed by atoms with Crippen LogP contribution in [0.2, 0.25) is 5.02 Å². The van der Waals surface area contributed by atoms with Gasteiger partial charge in [-0.05, 0) is 54.6 Å². The minimum atomic E-state index is -0.0970. The summed E-state index contributed by atoms with van der Waals surface area (Å²) < 4.78 is 0. The Morgan fingerprint density at radius 3 is 2.60 bits per heavy atom. The van der Waals surface area contributed by atoms with Gasteiger partial charge in [0.1, 0.15) is 0 Å². The van der Waals surface area contributed by atoms with Crippen molar-refractivity contribution in [3.63, 3.8) is 0 Å². The van der Waals surface area contributed by atoms with Gasteiger partial charge in [-0.25, -0.2) is 0 Å². The lowest BCUT2D eigenvalue weighted by Crippen LogP contribution is -2.24. The average Bonchev–Trinajstić information content (AvgIpc) is 2.82. The summed E-state index contributed by atoms with van der Waals surface area (Å²) in [6.45, 7) is 3.98. The maximum absolute atomic E-state index is 11.9. The number of benzene rings is 1. The molecule has 0 bridgehead atoms. The molecular weight excluding hydrogens is 290 g/mol. The van der Waals surface area contributed by atoms with E-state index in [4.69, 9.17) is 11.6 Å². The van der Waals surface area contributed by atoms with Crippen LogP contribution in [0.25, 0.3) is 6.08 Å². The molecule has 1 N–H and O–H groups in total. The van der Waals surface area contributed by atoms with Crippen LogP contribution in [-0.4, -0.2) is 5.91 Å². The van der Waals surface area contributed by atoms with Gasteiger partial charge in [0, 0.05) is 16.0 Å². The van der Waals surface area contributed by atoms with E-state index in [1.165, 1.54) is 5.56 Å². The molecule has 0 saturated heterocycles. The summed E-state index contributed by atoms with van der Waals surface area (Å²) in [5, 5.41) is 5.65. The Bertz CT molecular complexity index is 616. The van der Waals surface area contributed by atoms with Crippen molar-refractivity contribution in [1.82, 2.24) is 5.32 Å². The Morgan fingerprint density at radius 2 is 2.00 bits per heavy atom. The lowest BCUT2D eigenvalue weighted by atomic mass is 10.1. The van der Waals surface area contributed by atoms with E-state index in [0.29, 0.717) is 5.02 Å². The van der Waals surface area contributed by atoms with Crippen LogP contribution in [0.3, 0.4) is 0 Å². The molecule has 1 aromatic carbocycles. The number of carbonyl (C=O) groups excluding carboxylic acids is 1. The number of thiophene rings is 1. The third-order valence-electron chi connectivity index (χ3n) is 3.02. The molecule has 0 spiro atoms. The van der Waals surface area contributed by atoms with Crippen molar-refractivity contribution in [3.05, 3.63) is 62.8 Å². The van der Waals surface area contributed by atoms with Crippen molar-refractivity contribution in [3.8, 4) is 0 Å². The minimum absolute atomic E-state index is 0.0474. The van der Waals surface area contributed by atoms with Gasteiger partial charge in [-0.1, -0.05) is 23.7 Å². The zero-order chi connectivity index (χ0) is 14.5. The largest absolute Gasteiger partial charge is 0.346 e. The van der Waals surface area contributed by atoms with Gasteiger partial charge in [0.2, 0.25) is 5.91 Å². The Morgan fingerprint density at radius 1 is 1.30 bits per heavy atom. The van der Waals surface area contributed by atoms with Gasteiger partial charge in [0.05, 0.1) is 6.04 Å². The molecule has 0 radical (unpaired) electrons. The topological polar surface area (TPSA) is 29.1 Å². The van der Waals surface area contributed by atoms with E-state index < -0.39 is 0 Å². The Kier molecular flexibility index (Phi) is 4.99. The molecule has 1 aromatic heterocycles. The van der Waals surface area contributed by atoms with Crippen molar-refractivity contribution in [2.45, 2.75) is 19.9 Å². The van der Waals surface area contributed by atoms with Gasteiger partial charge >= 0.3 is 0 Å². The predicted molar refractivity (Wildman–Crippen MR) is 86.1 cm³/mol. The van der Waals surface area contributed by atoms with Crippen LogP contribution in [0.4, 0.5) is 0 Å². The summed E-state index contributed by atoms with van der Waals surface area (Å²) in [6, 6.07) is 9.47. The van der Waals surface area contributed by atoms with Gasteiger partial charge in [-0.15, -0.1) is 11.3 Å². The summed E-state index contributed by atoms with van der Waals surface area (Å²) in [5.74, 6) is -0.0970. The van der Waals surface area contributed by atoms with E-state index in [9.17, 15) is 4.79 Å². The van der Waals surface area contributed by atoms with Gasteiger partial charge in [-0.3, -0.25) is 4.79 Å². The third kappa shape index (κ3) is 3.95. The van der Waals surface area contributed by atoms with Crippen molar-refractivity contribution in [2.75, 3.05) is 0 Å². The van der Waals surface area contributed by atoms with Gasteiger partial charge in [0.15, 0.2) is 0 Å². The second kappa shape index (κ2) is 6.73. The Labute approximate surface area is 128 Å². The molecule has 0 aliphatic rings. The number of aryl methyl sites for hydroxylation is 1. The van der Waals surface area contributed by atoms with Crippen LogP contribution in [0.15, 0.2) is 41.8 Å². The SMILES string of the molecule is Cc1ccsc1/C=C/C(=O)N[C@@H](C)c1ccc(Cl)cc1. The summed E-state index contributed by atoms with van der Waals surface area (Å²) in [7, 11) is 0. The number of hydrogen-bond acceptors (Lipinski definition) is 2. The first kappa shape index (κ1) is 14.8. The Balaban J connectivity index is 1.96. The molecule has 2 nitrogen and oxygen atoms in total. The first-order chi connectivity index (χ1) is 9.56. The fourth-order valence-electron chi connectivity index (χ4n) is 1.80. The predicted octanol–water partition coefficient (Wildman–Crippen LogP) is 4.60. The summed E-state index contributed by atoms with van der Waals surface area (Å²) in [5.41, 5.74) is 2.22. The molecule has 0 fully saturated rings. The van der Waals surface area contributed by atoms with Gasteiger partial charge in [-0.2, -0.15) is 0 Å². The van der Waals surface area contributed by atoms with Crippen LogP contribution in [-0.2, 0) is 4.79 Å². The number of hydrogen-bond donors (Lipinski definition) is 1. The van der Waals surface area contributed by atoms with Crippen molar-refractivity contribution < 1.29 is 4.79 Å². The lowest BCUT2D eigenvalue weighted by Gasteiger charge is -2.12. The zero-order valence-electron chi connectivity index (χ0n) is 11.4. The number of rotatable bonds is 4. The fraction of sp³-hybridized carbons (Fsp3) is 0.188. The fourth-order valence-corrected chi connectivity index (χ4v) is 2.75. The minimum Gasteiger partial charge on any atom is -0.346 e. The van der Waals surface area contributed by atoms with Crippen LogP contribution in [0, 0.1) is 6.92 Å². The summed E-state index contributed by atoms with van der Waals surface area (Å²) in [4.78, 5) is 13.0. The van der Waals surface area contributed by atoms with E-state index >= 15 is 0 Å². The molecule has 104 valence electrons. The highest BCUT2D eigenvalue weighted by Crippen LogP contribution is 2.18. The number of carbonyl (C=O) groups is 1. The second-order valence-electron chi connectivity index (χ2n) is 4.58. The maximum atomic E-state index is 11.9. The quantitative estimate of drug-likeness (QED) is 0.822. The highest BCUT2D eigenvalue weighted by atomic mass is 35.5. The van der Waals surface area contributed by atoms with Gasteiger partial charge < -0.3 is 5.32 Å². The molecule has 2 aromatic rings. The highest BCUT2D eigenvalue weighted by Gasteiger charge is 2.07.